The molecule has 4 rings (SSSR count). The molecule has 0 N–H and O–H groups in total. The second kappa shape index (κ2) is 8.36. The first-order valence-corrected chi connectivity index (χ1v) is 9.25. The van der Waals surface area contributed by atoms with E-state index in [2.05, 4.69) is 0 Å². The van der Waals surface area contributed by atoms with Crippen molar-refractivity contribution < 1.29 is 38.0 Å². The summed E-state index contributed by atoms with van der Waals surface area (Å²) < 4.78 is 31.4. The molecule has 0 saturated heterocycles. The summed E-state index contributed by atoms with van der Waals surface area (Å²) in [5.74, 6) is 0.366. The van der Waals surface area contributed by atoms with E-state index in [9.17, 15) is 9.59 Å². The predicted octanol–water partition coefficient (Wildman–Crippen LogP) is 2.73. The predicted molar refractivity (Wildman–Crippen MR) is 104 cm³/mol. The molecule has 0 fully saturated rings. The second-order valence-corrected chi connectivity index (χ2v) is 6.67. The molecule has 8 nitrogen and oxygen atoms in total. The van der Waals surface area contributed by atoms with Crippen molar-refractivity contribution >= 4 is 18.0 Å². The monoisotopic (exact) mass is 412 g/mol. The number of fused-ring (bicyclic) bond motifs is 2. The fourth-order valence-corrected chi connectivity index (χ4v) is 3.37. The number of carbonyl (C=O) groups excluding carboxylic acids is 2. The summed E-state index contributed by atoms with van der Waals surface area (Å²) in [6.07, 6.45) is 1.82. The third-order valence-corrected chi connectivity index (χ3v) is 4.88. The van der Waals surface area contributed by atoms with Crippen molar-refractivity contribution in [2.45, 2.75) is 6.42 Å². The minimum atomic E-state index is -0.881. The molecule has 0 bridgehead atoms. The summed E-state index contributed by atoms with van der Waals surface area (Å²) in [5.41, 5.74) is 1.62. The largest absolute Gasteiger partial charge is 0.469 e. The molecule has 0 amide bonds. The van der Waals surface area contributed by atoms with Crippen LogP contribution in [0.25, 0.3) is 6.08 Å². The number of benzene rings is 2. The summed E-state index contributed by atoms with van der Waals surface area (Å²) >= 11 is 0. The summed E-state index contributed by atoms with van der Waals surface area (Å²) in [7, 11) is 2.55. The quantitative estimate of drug-likeness (QED) is 0.529. The van der Waals surface area contributed by atoms with Crippen molar-refractivity contribution in [2.75, 3.05) is 27.8 Å². The Morgan fingerprint density at radius 3 is 2.20 bits per heavy atom. The van der Waals surface area contributed by atoms with E-state index in [-0.39, 0.29) is 25.6 Å². The van der Waals surface area contributed by atoms with Crippen molar-refractivity contribution in [1.29, 1.82) is 0 Å². The highest BCUT2D eigenvalue weighted by atomic mass is 16.7. The third kappa shape index (κ3) is 3.89. The molecule has 2 aromatic rings. The van der Waals surface area contributed by atoms with Gasteiger partial charge in [-0.3, -0.25) is 4.79 Å². The van der Waals surface area contributed by atoms with E-state index in [1.54, 1.807) is 36.4 Å². The molecule has 0 spiro atoms. The van der Waals surface area contributed by atoms with Crippen LogP contribution < -0.4 is 18.9 Å². The van der Waals surface area contributed by atoms with Gasteiger partial charge in [0.1, 0.15) is 0 Å². The Morgan fingerprint density at radius 2 is 1.53 bits per heavy atom. The summed E-state index contributed by atoms with van der Waals surface area (Å²) in [6, 6.07) is 10.6. The van der Waals surface area contributed by atoms with E-state index in [1.165, 1.54) is 14.2 Å². The van der Waals surface area contributed by atoms with E-state index in [0.29, 0.717) is 28.6 Å². The molecule has 0 aliphatic carbocycles. The smallest absolute Gasteiger partial charge is 0.334 e. The number of hydrogen-bond donors (Lipinski definition) is 0. The van der Waals surface area contributed by atoms with Crippen LogP contribution in [-0.4, -0.2) is 39.7 Å². The van der Waals surface area contributed by atoms with Crippen LogP contribution in [0.1, 0.15) is 11.1 Å². The fourth-order valence-electron chi connectivity index (χ4n) is 3.37. The van der Waals surface area contributed by atoms with E-state index >= 15 is 0 Å². The molecule has 0 saturated carbocycles. The Labute approximate surface area is 172 Å². The molecule has 156 valence electrons. The maximum atomic E-state index is 12.6. The molecule has 0 unspecified atom stereocenters. The number of esters is 2. The van der Waals surface area contributed by atoms with Gasteiger partial charge in [0, 0.05) is 0 Å². The highest BCUT2D eigenvalue weighted by Gasteiger charge is 2.30. The van der Waals surface area contributed by atoms with Gasteiger partial charge in [0.15, 0.2) is 23.0 Å². The minimum absolute atomic E-state index is 0.140. The number of methoxy groups -OCH3 is 2. The highest BCUT2D eigenvalue weighted by Crippen LogP contribution is 2.35. The van der Waals surface area contributed by atoms with Crippen LogP contribution in [0.4, 0.5) is 0 Å². The highest BCUT2D eigenvalue weighted by molar-refractivity contribution is 6.00. The number of carbonyl (C=O) groups is 2. The molecule has 2 heterocycles. The average molecular weight is 412 g/mol. The van der Waals surface area contributed by atoms with Gasteiger partial charge in [-0.2, -0.15) is 0 Å². The molecule has 30 heavy (non-hydrogen) atoms. The Morgan fingerprint density at radius 1 is 0.900 bits per heavy atom. The minimum Gasteiger partial charge on any atom is -0.469 e. The van der Waals surface area contributed by atoms with Crippen molar-refractivity contribution in [3.8, 4) is 23.0 Å². The molecule has 2 aliphatic rings. The average Bonchev–Trinajstić information content (AvgIpc) is 3.43. The maximum Gasteiger partial charge on any atom is 0.334 e. The summed E-state index contributed by atoms with van der Waals surface area (Å²) in [5, 5.41) is 0. The lowest BCUT2D eigenvalue weighted by molar-refractivity contribution is -0.147. The Balaban J connectivity index is 1.69. The van der Waals surface area contributed by atoms with Crippen molar-refractivity contribution in [3.05, 3.63) is 53.1 Å². The van der Waals surface area contributed by atoms with E-state index in [4.69, 9.17) is 28.4 Å². The van der Waals surface area contributed by atoms with Gasteiger partial charge < -0.3 is 28.4 Å². The topological polar surface area (TPSA) is 89.5 Å². The van der Waals surface area contributed by atoms with Crippen molar-refractivity contribution in [3.63, 3.8) is 0 Å². The van der Waals surface area contributed by atoms with Gasteiger partial charge in [-0.25, -0.2) is 4.79 Å². The zero-order valence-electron chi connectivity index (χ0n) is 16.5. The van der Waals surface area contributed by atoms with Crippen LogP contribution in [0.5, 0.6) is 23.0 Å². The van der Waals surface area contributed by atoms with Crippen LogP contribution in [0.15, 0.2) is 42.0 Å². The van der Waals surface area contributed by atoms with Gasteiger partial charge in [-0.05, 0) is 47.9 Å². The van der Waals surface area contributed by atoms with E-state index < -0.39 is 17.9 Å². The lowest BCUT2D eigenvalue weighted by Gasteiger charge is -2.17. The van der Waals surface area contributed by atoms with Crippen LogP contribution in [0.3, 0.4) is 0 Å². The van der Waals surface area contributed by atoms with Crippen LogP contribution in [-0.2, 0) is 25.5 Å². The summed E-state index contributed by atoms with van der Waals surface area (Å²) in [6.45, 7) is 0.290. The molecule has 2 aromatic carbocycles. The zero-order chi connectivity index (χ0) is 21.1. The molecule has 1 atom stereocenters. The lowest BCUT2D eigenvalue weighted by Crippen LogP contribution is -2.26. The zero-order valence-corrected chi connectivity index (χ0v) is 16.5. The Bertz CT molecular complexity index is 1010. The Kier molecular flexibility index (Phi) is 5.47. The van der Waals surface area contributed by atoms with Crippen molar-refractivity contribution in [2.24, 2.45) is 5.92 Å². The lowest BCUT2D eigenvalue weighted by atomic mass is 9.90. The normalized spacial score (nSPS) is 14.9. The molecule has 8 heteroatoms. The number of hydrogen-bond acceptors (Lipinski definition) is 8. The van der Waals surface area contributed by atoms with Gasteiger partial charge in [0.2, 0.25) is 13.6 Å². The van der Waals surface area contributed by atoms with Gasteiger partial charge in [0.05, 0.1) is 25.7 Å². The first kappa shape index (κ1) is 19.6. The Hall–Kier alpha value is -3.68. The SMILES string of the molecule is COC(=O)/C(=C\c1ccc2c(c1)OCO2)[C@H](Cc1ccc2c(c1)OCO2)C(=O)OC. The first-order valence-electron chi connectivity index (χ1n) is 9.25. The van der Waals surface area contributed by atoms with Gasteiger partial charge in [0.25, 0.3) is 0 Å². The van der Waals surface area contributed by atoms with E-state index in [0.717, 1.165) is 5.56 Å². The molecule has 0 radical (unpaired) electrons. The van der Waals surface area contributed by atoms with Crippen LogP contribution in [0, 0.1) is 5.92 Å². The van der Waals surface area contributed by atoms with Crippen LogP contribution in [0.2, 0.25) is 0 Å². The van der Waals surface area contributed by atoms with Gasteiger partial charge in [-0.1, -0.05) is 12.1 Å². The maximum absolute atomic E-state index is 12.6. The fraction of sp³-hybridized carbons (Fsp3) is 0.273. The molecular formula is C22H20O8. The molecular weight excluding hydrogens is 392 g/mol. The summed E-state index contributed by atoms with van der Waals surface area (Å²) in [4.78, 5) is 25.2. The van der Waals surface area contributed by atoms with Crippen LogP contribution >= 0.6 is 0 Å². The molecule has 0 aromatic heterocycles. The van der Waals surface area contributed by atoms with Gasteiger partial charge >= 0.3 is 11.9 Å². The number of rotatable bonds is 6. The number of ether oxygens (including phenoxy) is 6. The third-order valence-electron chi connectivity index (χ3n) is 4.88. The second-order valence-electron chi connectivity index (χ2n) is 6.67. The van der Waals surface area contributed by atoms with E-state index in [1.807, 2.05) is 6.07 Å². The van der Waals surface area contributed by atoms with Gasteiger partial charge in [-0.15, -0.1) is 0 Å². The standard InChI is InChI=1S/C22H20O8/c1-25-21(23)15(7-13-3-5-17-19(9-13)29-11-27-17)16(22(24)26-2)8-14-4-6-18-20(10-14)30-12-28-18/h3-7,9-10,16H,8,11-12H2,1-2H3/b15-7-/t16-/m0/s1. The first-order chi connectivity index (χ1) is 14.6. The molecule has 2 aliphatic heterocycles. The van der Waals surface area contributed by atoms with Crippen molar-refractivity contribution in [1.82, 2.24) is 0 Å².